The van der Waals surface area contributed by atoms with E-state index in [1.54, 1.807) is 0 Å². The molecule has 0 bridgehead atoms. The van der Waals surface area contributed by atoms with Crippen LogP contribution in [-0.2, 0) is 0 Å². The number of rotatable bonds is 2. The molecule has 2 nitrogen and oxygen atoms in total. The van der Waals surface area contributed by atoms with Gasteiger partial charge in [-0.25, -0.2) is 0 Å². The Kier molecular flexibility index (Phi) is 4.90. The molecule has 1 N–H and O–H groups in total. The molecule has 0 radical (unpaired) electrons. The normalized spacial score (nSPS) is 27.9. The fraction of sp³-hybridized carbons (Fsp3) is 0.667. The first-order chi connectivity index (χ1) is 10.1. The first-order valence-electron chi connectivity index (χ1n) is 8.40. The van der Waals surface area contributed by atoms with E-state index < -0.39 is 0 Å². The van der Waals surface area contributed by atoms with Gasteiger partial charge in [0.15, 0.2) is 0 Å². The number of hydrogen-bond acceptors (Lipinski definition) is 2. The molecular weight excluding hydrogens is 324 g/mol. The van der Waals surface area contributed by atoms with Crippen LogP contribution >= 0.6 is 15.9 Å². The van der Waals surface area contributed by atoms with Crippen LogP contribution < -0.4 is 10.2 Å². The van der Waals surface area contributed by atoms with Crippen LogP contribution in [0.1, 0.15) is 44.6 Å². The molecule has 1 aliphatic heterocycles. The van der Waals surface area contributed by atoms with Crippen LogP contribution in [0.3, 0.4) is 0 Å². The van der Waals surface area contributed by atoms with Crippen molar-refractivity contribution >= 4 is 21.6 Å². The van der Waals surface area contributed by atoms with Crippen LogP contribution in [0.4, 0.5) is 5.69 Å². The summed E-state index contributed by atoms with van der Waals surface area (Å²) >= 11 is 3.65. The molecule has 2 fully saturated rings. The lowest BCUT2D eigenvalue weighted by atomic mass is 9.82. The lowest BCUT2D eigenvalue weighted by Gasteiger charge is -2.44. The van der Waals surface area contributed by atoms with E-state index in [4.69, 9.17) is 0 Å². The lowest BCUT2D eigenvalue weighted by Crippen LogP contribution is -2.58. The monoisotopic (exact) mass is 350 g/mol. The fourth-order valence-corrected chi connectivity index (χ4v) is 4.58. The van der Waals surface area contributed by atoms with E-state index in [-0.39, 0.29) is 0 Å². The molecule has 1 heterocycles. The van der Waals surface area contributed by atoms with Gasteiger partial charge in [0.25, 0.3) is 0 Å². The summed E-state index contributed by atoms with van der Waals surface area (Å²) in [7, 11) is 0. The number of halogens is 1. The predicted octanol–water partition coefficient (Wildman–Crippen LogP) is 4.50. The van der Waals surface area contributed by atoms with Gasteiger partial charge in [-0.3, -0.25) is 0 Å². The Hall–Kier alpha value is -0.540. The average Bonchev–Trinajstić information content (AvgIpc) is 2.47. The maximum atomic E-state index is 3.81. The number of benzene rings is 1. The molecule has 1 saturated heterocycles. The Morgan fingerprint density at radius 2 is 1.90 bits per heavy atom. The summed E-state index contributed by atoms with van der Waals surface area (Å²) in [6.45, 7) is 6.77. The summed E-state index contributed by atoms with van der Waals surface area (Å²) in [5, 5.41) is 3.81. The molecule has 1 aliphatic carbocycles. The predicted molar refractivity (Wildman–Crippen MR) is 94.1 cm³/mol. The van der Waals surface area contributed by atoms with Gasteiger partial charge in [0.2, 0.25) is 0 Å². The Morgan fingerprint density at radius 3 is 2.62 bits per heavy atom. The second-order valence-electron chi connectivity index (χ2n) is 6.90. The number of nitrogens with zero attached hydrogens (tertiary/aromatic N) is 1. The van der Waals surface area contributed by atoms with Crippen molar-refractivity contribution in [3.63, 3.8) is 0 Å². The first kappa shape index (κ1) is 15.4. The summed E-state index contributed by atoms with van der Waals surface area (Å²) < 4.78 is 1.19. The zero-order chi connectivity index (χ0) is 14.8. The van der Waals surface area contributed by atoms with Gasteiger partial charge >= 0.3 is 0 Å². The molecular formula is C18H27BrN2. The smallest absolute Gasteiger partial charge is 0.0387 e. The number of aryl methyl sites for hydroxylation is 1. The van der Waals surface area contributed by atoms with Gasteiger partial charge in [-0.05, 0) is 56.4 Å². The number of hydrogen-bond donors (Lipinski definition) is 1. The van der Waals surface area contributed by atoms with Gasteiger partial charge in [-0.1, -0.05) is 35.2 Å². The summed E-state index contributed by atoms with van der Waals surface area (Å²) in [6.07, 6.45) is 7.12. The van der Waals surface area contributed by atoms with Crippen LogP contribution in [0, 0.1) is 12.8 Å². The molecule has 2 atom stereocenters. The van der Waals surface area contributed by atoms with Crippen molar-refractivity contribution in [1.82, 2.24) is 5.32 Å². The minimum absolute atomic E-state index is 0.568. The van der Waals surface area contributed by atoms with E-state index >= 15 is 0 Å². The highest BCUT2D eigenvalue weighted by Gasteiger charge is 2.31. The highest BCUT2D eigenvalue weighted by molar-refractivity contribution is 9.10. The summed E-state index contributed by atoms with van der Waals surface area (Å²) in [5.74, 6) is 0.877. The van der Waals surface area contributed by atoms with Gasteiger partial charge in [0.1, 0.15) is 0 Å². The van der Waals surface area contributed by atoms with Gasteiger partial charge in [0, 0.05) is 35.3 Å². The number of piperazine rings is 1. The molecule has 0 spiro atoms. The second-order valence-corrected chi connectivity index (χ2v) is 7.82. The molecule has 3 rings (SSSR count). The Balaban J connectivity index is 1.76. The average molecular weight is 351 g/mol. The van der Waals surface area contributed by atoms with Crippen LogP contribution in [0.2, 0.25) is 0 Å². The highest BCUT2D eigenvalue weighted by atomic mass is 79.9. The lowest BCUT2D eigenvalue weighted by molar-refractivity contribution is 0.245. The molecule has 1 aromatic rings. The van der Waals surface area contributed by atoms with Gasteiger partial charge in [0.05, 0.1) is 0 Å². The van der Waals surface area contributed by atoms with Gasteiger partial charge in [-0.2, -0.15) is 0 Å². The maximum absolute atomic E-state index is 3.81. The summed E-state index contributed by atoms with van der Waals surface area (Å²) in [6, 6.07) is 8.02. The van der Waals surface area contributed by atoms with Crippen LogP contribution in [0.15, 0.2) is 22.7 Å². The molecule has 3 heteroatoms. The zero-order valence-electron chi connectivity index (χ0n) is 13.2. The van der Waals surface area contributed by atoms with E-state index in [0.717, 1.165) is 19.0 Å². The first-order valence-corrected chi connectivity index (χ1v) is 9.20. The van der Waals surface area contributed by atoms with Crippen molar-refractivity contribution in [2.75, 3.05) is 18.0 Å². The number of anilines is 1. The van der Waals surface area contributed by atoms with E-state index in [0.29, 0.717) is 12.1 Å². The standard InChI is InChI=1S/C18H27BrN2/c1-13-8-16(19)10-17(9-13)21-12-18(20-11-14(21)2)15-6-4-3-5-7-15/h8-10,14-15,18,20H,3-7,11-12H2,1-2H3. The quantitative estimate of drug-likeness (QED) is 0.844. The van der Waals surface area contributed by atoms with E-state index in [1.165, 1.54) is 47.8 Å². The SMILES string of the molecule is Cc1cc(Br)cc(N2CC(C3CCCCC3)NCC2C)c1. The molecule has 1 aromatic carbocycles. The Bertz CT molecular complexity index is 462. The van der Waals surface area contributed by atoms with Crippen LogP contribution in [-0.4, -0.2) is 25.2 Å². The third kappa shape index (κ3) is 3.62. The molecule has 0 aromatic heterocycles. The van der Waals surface area contributed by atoms with Crippen molar-refractivity contribution in [1.29, 1.82) is 0 Å². The zero-order valence-corrected chi connectivity index (χ0v) is 14.8. The third-order valence-electron chi connectivity index (χ3n) is 5.18. The molecule has 2 aliphatic rings. The summed E-state index contributed by atoms with van der Waals surface area (Å²) in [4.78, 5) is 2.60. The molecule has 0 amide bonds. The topological polar surface area (TPSA) is 15.3 Å². The molecule has 1 saturated carbocycles. The Labute approximate surface area is 137 Å². The van der Waals surface area contributed by atoms with Crippen LogP contribution in [0.5, 0.6) is 0 Å². The second kappa shape index (κ2) is 6.70. The molecule has 21 heavy (non-hydrogen) atoms. The Morgan fingerprint density at radius 1 is 1.14 bits per heavy atom. The van der Waals surface area contributed by atoms with Crippen molar-refractivity contribution in [2.45, 2.75) is 58.0 Å². The van der Waals surface area contributed by atoms with E-state index in [1.807, 2.05) is 0 Å². The van der Waals surface area contributed by atoms with Crippen molar-refractivity contribution < 1.29 is 0 Å². The highest BCUT2D eigenvalue weighted by Crippen LogP contribution is 2.31. The third-order valence-corrected chi connectivity index (χ3v) is 5.64. The largest absolute Gasteiger partial charge is 0.366 e. The van der Waals surface area contributed by atoms with Gasteiger partial charge < -0.3 is 10.2 Å². The number of nitrogens with one attached hydrogen (secondary N) is 1. The van der Waals surface area contributed by atoms with Crippen molar-refractivity contribution in [3.05, 3.63) is 28.2 Å². The van der Waals surface area contributed by atoms with Gasteiger partial charge in [-0.15, -0.1) is 0 Å². The summed E-state index contributed by atoms with van der Waals surface area (Å²) in [5.41, 5.74) is 2.70. The van der Waals surface area contributed by atoms with Crippen molar-refractivity contribution in [3.8, 4) is 0 Å². The minimum Gasteiger partial charge on any atom is -0.366 e. The fourth-order valence-electron chi connectivity index (χ4n) is 3.98. The molecule has 2 unspecified atom stereocenters. The van der Waals surface area contributed by atoms with Crippen LogP contribution in [0.25, 0.3) is 0 Å². The van der Waals surface area contributed by atoms with E-state index in [9.17, 15) is 0 Å². The van der Waals surface area contributed by atoms with E-state index in [2.05, 4.69) is 58.2 Å². The maximum Gasteiger partial charge on any atom is 0.0387 e. The minimum atomic E-state index is 0.568. The molecule has 116 valence electrons. The van der Waals surface area contributed by atoms with Crippen molar-refractivity contribution in [2.24, 2.45) is 5.92 Å².